The van der Waals surface area contributed by atoms with E-state index in [0.717, 1.165) is 89.0 Å². The zero-order chi connectivity index (χ0) is 43.1. The Morgan fingerprint density at radius 3 is 2.12 bits per heavy atom. The largest absolute Gasteiger partial charge is 0.504 e. The lowest BCUT2D eigenvalue weighted by Gasteiger charge is -2.48. The number of rotatable bonds is 25. The van der Waals surface area contributed by atoms with Crippen LogP contribution in [0.2, 0.25) is 0 Å². The van der Waals surface area contributed by atoms with Gasteiger partial charge in [-0.2, -0.15) is 5.26 Å². The molecule has 0 bridgehead atoms. The van der Waals surface area contributed by atoms with E-state index in [4.69, 9.17) is 24.7 Å². The first-order valence-corrected chi connectivity index (χ1v) is 21.6. The van der Waals surface area contributed by atoms with Crippen LogP contribution in [0.15, 0.2) is 97.1 Å². The molecule has 326 valence electrons. The number of aromatic hydroxyl groups is 1. The van der Waals surface area contributed by atoms with Crippen LogP contribution in [0.1, 0.15) is 88.0 Å². The third kappa shape index (κ3) is 15.7. The number of phenolic OH excluding ortho intramolecular Hbond substituents is 1. The molecule has 0 saturated heterocycles. The maximum atomic E-state index is 11.8. The average molecular weight is 824 g/mol. The average Bonchev–Trinajstić information content (AvgIpc) is 3.23. The van der Waals surface area contributed by atoms with E-state index in [-0.39, 0.29) is 18.3 Å². The van der Waals surface area contributed by atoms with Crippen LogP contribution in [-0.2, 0) is 29.9 Å². The smallest absolute Gasteiger partial charge is 0.160 e. The van der Waals surface area contributed by atoms with Gasteiger partial charge in [0.05, 0.1) is 32.3 Å². The van der Waals surface area contributed by atoms with Crippen LogP contribution < -0.4 is 35.9 Å². The van der Waals surface area contributed by atoms with Crippen molar-refractivity contribution in [3.8, 4) is 29.1 Å². The fraction of sp³-hybridized carbons (Fsp3) is 0.490. The lowest BCUT2D eigenvalue weighted by Crippen LogP contribution is -2.59. The molecule has 1 heterocycles. The van der Waals surface area contributed by atoms with Gasteiger partial charge in [0, 0.05) is 18.2 Å². The number of hydrogen-bond acceptors (Lipinski definition) is 11. The molecule has 0 amide bonds. The normalized spacial score (nSPS) is 17.0. The van der Waals surface area contributed by atoms with Gasteiger partial charge < -0.3 is 50.8 Å². The van der Waals surface area contributed by atoms with E-state index >= 15 is 0 Å². The monoisotopic (exact) mass is 824 g/mol. The van der Waals surface area contributed by atoms with Gasteiger partial charge in [0.2, 0.25) is 0 Å². The van der Waals surface area contributed by atoms with Gasteiger partial charge in [-0.3, -0.25) is 0 Å². The summed E-state index contributed by atoms with van der Waals surface area (Å²) in [6, 6.07) is 33.3. The van der Waals surface area contributed by atoms with Gasteiger partial charge in [-0.25, -0.2) is 0 Å². The zero-order valence-electron chi connectivity index (χ0n) is 36.3. The fourth-order valence-electron chi connectivity index (χ4n) is 7.38. The Morgan fingerprint density at radius 2 is 1.45 bits per heavy atom. The molecule has 11 nitrogen and oxygen atoms in total. The van der Waals surface area contributed by atoms with Crippen molar-refractivity contribution in [2.24, 2.45) is 5.73 Å². The summed E-state index contributed by atoms with van der Waals surface area (Å²) in [5.74, 6) is 1.90. The highest BCUT2D eigenvalue weighted by atomic mass is 16.6. The third-order valence-electron chi connectivity index (χ3n) is 10.5. The minimum atomic E-state index is -1.51. The third-order valence-corrected chi connectivity index (χ3v) is 10.5. The number of nitrogens with one attached hydrogen (secondary N) is 3. The number of hydrogen-bond donors (Lipinski definition) is 6. The second kappa shape index (κ2) is 25.8. The van der Waals surface area contributed by atoms with E-state index in [1.165, 1.54) is 18.4 Å². The highest BCUT2D eigenvalue weighted by Crippen LogP contribution is 2.48. The summed E-state index contributed by atoms with van der Waals surface area (Å²) in [5.41, 5.74) is 7.03. The Labute approximate surface area is 358 Å². The van der Waals surface area contributed by atoms with E-state index in [0.29, 0.717) is 29.4 Å². The molecule has 1 aliphatic heterocycles. The molecular weight excluding hydrogens is 755 g/mol. The molecule has 0 aromatic heterocycles. The standard InChI is InChI=1S/C31H35NO4.C18H34N4O2/c1-23(11-10-16-24-12-6-4-7-13-24)35-26-17-18-27-28(21-26)36-30(2,3)29(31(27,33)19-20-32)34-22-25-14-8-5-9-15-25;1-24-18-14-16(6-7-17(18)23)15-22-13-5-12-21-10-3-2-9-20-11-4-8-19/h4-9,12-15,17-18,21,23,29,33H,10-11,16,19,22H2,1-3H3;6-7,14,20-23H,2-5,8-13,15,19H2,1H3. The van der Waals surface area contributed by atoms with Crippen molar-refractivity contribution in [1.82, 2.24) is 16.0 Å². The number of phenols is 1. The van der Waals surface area contributed by atoms with E-state index in [1.807, 2.05) is 74.5 Å². The van der Waals surface area contributed by atoms with Crippen molar-refractivity contribution in [2.45, 2.75) is 109 Å². The molecule has 3 unspecified atom stereocenters. The fourth-order valence-corrected chi connectivity index (χ4v) is 7.38. The second-order valence-corrected chi connectivity index (χ2v) is 16.0. The minimum absolute atomic E-state index is 0.0308. The second-order valence-electron chi connectivity index (χ2n) is 16.0. The molecule has 7 N–H and O–H groups in total. The van der Waals surface area contributed by atoms with Gasteiger partial charge in [-0.15, -0.1) is 0 Å². The summed E-state index contributed by atoms with van der Waals surface area (Å²) in [6.45, 7) is 12.9. The van der Waals surface area contributed by atoms with Crippen molar-refractivity contribution < 1.29 is 29.2 Å². The van der Waals surface area contributed by atoms with Gasteiger partial charge in [-0.05, 0) is 146 Å². The van der Waals surface area contributed by atoms with Crippen LogP contribution in [0.4, 0.5) is 0 Å². The van der Waals surface area contributed by atoms with Crippen molar-refractivity contribution in [3.63, 3.8) is 0 Å². The van der Waals surface area contributed by atoms with E-state index in [9.17, 15) is 15.5 Å². The molecule has 4 aromatic carbocycles. The minimum Gasteiger partial charge on any atom is -0.504 e. The lowest BCUT2D eigenvalue weighted by atomic mass is 9.75. The van der Waals surface area contributed by atoms with Crippen LogP contribution >= 0.6 is 0 Å². The molecule has 0 spiro atoms. The summed E-state index contributed by atoms with van der Waals surface area (Å²) < 4.78 is 23.9. The van der Waals surface area contributed by atoms with Gasteiger partial charge in [0.25, 0.3) is 0 Å². The highest BCUT2D eigenvalue weighted by Gasteiger charge is 2.54. The number of benzene rings is 4. The highest BCUT2D eigenvalue weighted by molar-refractivity contribution is 5.48. The molecule has 0 aliphatic carbocycles. The number of nitrogens with zero attached hydrogens (tertiary/aromatic N) is 1. The lowest BCUT2D eigenvalue weighted by molar-refractivity contribution is -0.200. The predicted octanol–water partition coefficient (Wildman–Crippen LogP) is 7.52. The van der Waals surface area contributed by atoms with E-state index in [2.05, 4.69) is 53.2 Å². The number of methoxy groups -OCH3 is 1. The van der Waals surface area contributed by atoms with Crippen molar-refractivity contribution >= 4 is 0 Å². The Kier molecular flexibility index (Phi) is 20.7. The molecule has 0 saturated carbocycles. The number of unbranched alkanes of at least 4 members (excludes halogenated alkanes) is 1. The first-order chi connectivity index (χ1) is 29.1. The molecule has 11 heteroatoms. The predicted molar refractivity (Wildman–Crippen MR) is 239 cm³/mol. The summed E-state index contributed by atoms with van der Waals surface area (Å²) in [7, 11) is 1.56. The molecule has 1 aliphatic rings. The van der Waals surface area contributed by atoms with Gasteiger partial charge >= 0.3 is 0 Å². The summed E-state index contributed by atoms with van der Waals surface area (Å²) in [4.78, 5) is 0. The van der Waals surface area contributed by atoms with Crippen LogP contribution in [0.5, 0.6) is 23.0 Å². The number of fused-ring (bicyclic) bond motifs is 1. The van der Waals surface area contributed by atoms with Crippen molar-refractivity contribution in [3.05, 3.63) is 119 Å². The van der Waals surface area contributed by atoms with Crippen LogP contribution in [0.3, 0.4) is 0 Å². The Hall–Kier alpha value is -4.67. The first kappa shape index (κ1) is 48.0. The SMILES string of the molecule is CC(CCCc1ccccc1)Oc1ccc2c(c1)OC(C)(C)C(OCc1ccccc1)C2(O)CC#N.COc1cc(CNCCCNCCCCNCCCN)ccc1O. The Balaban J connectivity index is 0.000000289. The van der Waals surface area contributed by atoms with Crippen LogP contribution in [0, 0.1) is 11.3 Å². The molecule has 0 fully saturated rings. The van der Waals surface area contributed by atoms with Gasteiger partial charge in [0.15, 0.2) is 11.5 Å². The molecule has 60 heavy (non-hydrogen) atoms. The molecule has 3 atom stereocenters. The maximum absolute atomic E-state index is 11.8. The number of aliphatic hydroxyl groups is 1. The van der Waals surface area contributed by atoms with Crippen molar-refractivity contribution in [1.29, 1.82) is 5.26 Å². The molecule has 5 rings (SSSR count). The summed E-state index contributed by atoms with van der Waals surface area (Å²) >= 11 is 0. The van der Waals surface area contributed by atoms with Crippen LogP contribution in [0.25, 0.3) is 0 Å². The zero-order valence-corrected chi connectivity index (χ0v) is 36.3. The Bertz CT molecular complexity index is 1840. The summed E-state index contributed by atoms with van der Waals surface area (Å²) in [6.07, 6.45) is 6.73. The Morgan fingerprint density at radius 1 is 0.800 bits per heavy atom. The summed E-state index contributed by atoms with van der Waals surface area (Å²) in [5, 5.41) is 41.2. The quantitative estimate of drug-likeness (QED) is 0.0367. The van der Waals surface area contributed by atoms with E-state index < -0.39 is 17.3 Å². The topological polar surface area (TPSA) is 163 Å². The first-order valence-electron chi connectivity index (χ1n) is 21.6. The van der Waals surface area contributed by atoms with Gasteiger partial charge in [-0.1, -0.05) is 66.7 Å². The molecular formula is C49H69N5O6. The van der Waals surface area contributed by atoms with Gasteiger partial charge in [0.1, 0.15) is 28.8 Å². The molecule has 4 aromatic rings. The van der Waals surface area contributed by atoms with Crippen LogP contribution in [-0.4, -0.2) is 74.4 Å². The number of nitrogens with two attached hydrogens (primary N) is 1. The number of aryl methyl sites for hydroxylation is 1. The molecule has 0 radical (unpaired) electrons. The van der Waals surface area contributed by atoms with E-state index in [1.54, 1.807) is 19.2 Å². The van der Waals surface area contributed by atoms with Crippen molar-refractivity contribution in [2.75, 3.05) is 46.4 Å². The number of nitriles is 1. The number of ether oxygens (including phenoxy) is 4. The maximum Gasteiger partial charge on any atom is 0.160 e.